The van der Waals surface area contributed by atoms with E-state index in [4.69, 9.17) is 9.47 Å². The zero-order valence-electron chi connectivity index (χ0n) is 10.5. The molecule has 0 aliphatic carbocycles. The van der Waals surface area contributed by atoms with Gasteiger partial charge in [-0.3, -0.25) is 0 Å². The Labute approximate surface area is 97.8 Å². The van der Waals surface area contributed by atoms with E-state index < -0.39 is 0 Å². The van der Waals surface area contributed by atoms with Crippen LogP contribution >= 0.6 is 0 Å². The first-order valence-electron chi connectivity index (χ1n) is 5.66. The van der Waals surface area contributed by atoms with Gasteiger partial charge in [0.1, 0.15) is 17.6 Å². The molecule has 0 heterocycles. The number of hydrogen-bond donors (Lipinski definition) is 1. The molecule has 1 atom stereocenters. The highest BCUT2D eigenvalue weighted by molar-refractivity contribution is 5.31. The first-order valence-corrected chi connectivity index (χ1v) is 5.66. The van der Waals surface area contributed by atoms with E-state index in [1.165, 1.54) is 0 Å². The Kier molecular flexibility index (Phi) is 5.12. The van der Waals surface area contributed by atoms with Crippen molar-refractivity contribution in [1.82, 2.24) is 5.32 Å². The second-order valence-electron chi connectivity index (χ2n) is 4.17. The highest BCUT2D eigenvalue weighted by atomic mass is 16.5. The van der Waals surface area contributed by atoms with Gasteiger partial charge in [0, 0.05) is 12.6 Å². The number of hydrogen-bond acceptors (Lipinski definition) is 3. The summed E-state index contributed by atoms with van der Waals surface area (Å²) in [5.74, 6) is 1.72. The second-order valence-corrected chi connectivity index (χ2v) is 4.17. The maximum atomic E-state index is 5.75. The first kappa shape index (κ1) is 12.8. The van der Waals surface area contributed by atoms with Crippen LogP contribution < -0.4 is 14.8 Å². The number of ether oxygens (including phenoxy) is 2. The van der Waals surface area contributed by atoms with Crippen LogP contribution in [0.25, 0.3) is 0 Å². The quantitative estimate of drug-likeness (QED) is 0.803. The lowest BCUT2D eigenvalue weighted by atomic mass is 10.3. The van der Waals surface area contributed by atoms with Crippen LogP contribution in [0.4, 0.5) is 0 Å². The fourth-order valence-electron chi connectivity index (χ4n) is 1.33. The van der Waals surface area contributed by atoms with Gasteiger partial charge in [0.05, 0.1) is 7.11 Å². The summed E-state index contributed by atoms with van der Waals surface area (Å²) in [4.78, 5) is 0. The predicted molar refractivity (Wildman–Crippen MR) is 66.2 cm³/mol. The molecule has 1 aromatic rings. The SMILES string of the molecule is COc1ccc(OC(C)CNC(C)C)cc1. The summed E-state index contributed by atoms with van der Waals surface area (Å²) < 4.78 is 10.8. The summed E-state index contributed by atoms with van der Waals surface area (Å²) in [5.41, 5.74) is 0. The van der Waals surface area contributed by atoms with Gasteiger partial charge in [0.2, 0.25) is 0 Å². The molecule has 0 fully saturated rings. The fraction of sp³-hybridized carbons (Fsp3) is 0.538. The number of nitrogens with one attached hydrogen (secondary N) is 1. The van der Waals surface area contributed by atoms with Crippen LogP contribution in [0.1, 0.15) is 20.8 Å². The van der Waals surface area contributed by atoms with Crippen molar-refractivity contribution in [3.05, 3.63) is 24.3 Å². The van der Waals surface area contributed by atoms with Gasteiger partial charge in [0.15, 0.2) is 0 Å². The van der Waals surface area contributed by atoms with E-state index in [1.54, 1.807) is 7.11 Å². The van der Waals surface area contributed by atoms with Gasteiger partial charge in [-0.25, -0.2) is 0 Å². The Balaban J connectivity index is 2.40. The molecule has 3 heteroatoms. The summed E-state index contributed by atoms with van der Waals surface area (Å²) in [6.45, 7) is 7.16. The highest BCUT2D eigenvalue weighted by Crippen LogP contribution is 2.17. The molecule has 3 nitrogen and oxygen atoms in total. The van der Waals surface area contributed by atoms with Crippen LogP contribution in [0, 0.1) is 0 Å². The van der Waals surface area contributed by atoms with Crippen molar-refractivity contribution >= 4 is 0 Å². The van der Waals surface area contributed by atoms with Crippen LogP contribution in [0.3, 0.4) is 0 Å². The van der Waals surface area contributed by atoms with Crippen LogP contribution in [0.5, 0.6) is 11.5 Å². The molecular weight excluding hydrogens is 202 g/mol. The predicted octanol–water partition coefficient (Wildman–Crippen LogP) is 2.46. The van der Waals surface area contributed by atoms with Crippen molar-refractivity contribution in [3.63, 3.8) is 0 Å². The molecule has 0 amide bonds. The average Bonchev–Trinajstić information content (AvgIpc) is 2.27. The highest BCUT2D eigenvalue weighted by Gasteiger charge is 2.04. The molecule has 0 saturated carbocycles. The van der Waals surface area contributed by atoms with E-state index in [-0.39, 0.29) is 6.10 Å². The number of methoxy groups -OCH3 is 1. The van der Waals surface area contributed by atoms with E-state index >= 15 is 0 Å². The smallest absolute Gasteiger partial charge is 0.120 e. The molecule has 1 rings (SSSR count). The molecule has 16 heavy (non-hydrogen) atoms. The largest absolute Gasteiger partial charge is 0.497 e. The second kappa shape index (κ2) is 6.38. The van der Waals surface area contributed by atoms with Crippen molar-refractivity contribution < 1.29 is 9.47 Å². The van der Waals surface area contributed by atoms with Crippen molar-refractivity contribution in [3.8, 4) is 11.5 Å². The third-order valence-electron chi connectivity index (χ3n) is 2.21. The first-order chi connectivity index (χ1) is 7.61. The van der Waals surface area contributed by atoms with Gasteiger partial charge in [-0.15, -0.1) is 0 Å². The number of benzene rings is 1. The molecule has 90 valence electrons. The minimum Gasteiger partial charge on any atom is -0.497 e. The van der Waals surface area contributed by atoms with Gasteiger partial charge in [0.25, 0.3) is 0 Å². The summed E-state index contributed by atoms with van der Waals surface area (Å²) >= 11 is 0. The third kappa shape index (κ3) is 4.53. The molecule has 1 unspecified atom stereocenters. The van der Waals surface area contributed by atoms with Gasteiger partial charge in [-0.05, 0) is 31.2 Å². The van der Waals surface area contributed by atoms with Crippen LogP contribution in [0.15, 0.2) is 24.3 Å². The molecular formula is C13H21NO2. The van der Waals surface area contributed by atoms with Crippen molar-refractivity contribution in [2.24, 2.45) is 0 Å². The van der Waals surface area contributed by atoms with E-state index in [1.807, 2.05) is 24.3 Å². The van der Waals surface area contributed by atoms with Crippen LogP contribution in [0.2, 0.25) is 0 Å². The lowest BCUT2D eigenvalue weighted by Crippen LogP contribution is -2.33. The molecule has 0 aromatic heterocycles. The van der Waals surface area contributed by atoms with Crippen molar-refractivity contribution in [2.75, 3.05) is 13.7 Å². The van der Waals surface area contributed by atoms with Crippen LogP contribution in [-0.2, 0) is 0 Å². The monoisotopic (exact) mass is 223 g/mol. The minimum atomic E-state index is 0.163. The molecule has 0 radical (unpaired) electrons. The summed E-state index contributed by atoms with van der Waals surface area (Å²) in [5, 5.41) is 3.34. The molecule has 0 aliphatic heterocycles. The van der Waals surface area contributed by atoms with E-state index in [0.29, 0.717) is 6.04 Å². The van der Waals surface area contributed by atoms with Gasteiger partial charge >= 0.3 is 0 Å². The maximum absolute atomic E-state index is 5.75. The molecule has 1 aromatic carbocycles. The molecule has 1 N–H and O–H groups in total. The van der Waals surface area contributed by atoms with Crippen LogP contribution in [-0.4, -0.2) is 25.8 Å². The van der Waals surface area contributed by atoms with E-state index in [2.05, 4.69) is 26.1 Å². The van der Waals surface area contributed by atoms with Gasteiger partial charge in [-0.1, -0.05) is 13.8 Å². The lowest BCUT2D eigenvalue weighted by molar-refractivity contribution is 0.213. The van der Waals surface area contributed by atoms with Gasteiger partial charge in [-0.2, -0.15) is 0 Å². The zero-order chi connectivity index (χ0) is 12.0. The van der Waals surface area contributed by atoms with Crippen molar-refractivity contribution in [2.45, 2.75) is 32.9 Å². The molecule has 0 saturated heterocycles. The standard InChI is InChI=1S/C13H21NO2/c1-10(2)14-9-11(3)16-13-7-5-12(15-4)6-8-13/h5-8,10-11,14H,9H2,1-4H3. The Morgan fingerprint density at radius 2 is 1.62 bits per heavy atom. The molecule has 0 spiro atoms. The Morgan fingerprint density at radius 3 is 2.12 bits per heavy atom. The average molecular weight is 223 g/mol. The molecule has 0 aliphatic rings. The summed E-state index contributed by atoms with van der Waals surface area (Å²) in [6.07, 6.45) is 0.163. The van der Waals surface area contributed by atoms with Crippen molar-refractivity contribution in [1.29, 1.82) is 0 Å². The molecule has 0 bridgehead atoms. The van der Waals surface area contributed by atoms with E-state index in [0.717, 1.165) is 18.0 Å². The maximum Gasteiger partial charge on any atom is 0.120 e. The zero-order valence-corrected chi connectivity index (χ0v) is 10.5. The summed E-state index contributed by atoms with van der Waals surface area (Å²) in [7, 11) is 1.66. The minimum absolute atomic E-state index is 0.163. The Morgan fingerprint density at radius 1 is 1.06 bits per heavy atom. The Hall–Kier alpha value is -1.22. The normalized spacial score (nSPS) is 12.6. The fourth-order valence-corrected chi connectivity index (χ4v) is 1.33. The Bertz CT molecular complexity index is 295. The third-order valence-corrected chi connectivity index (χ3v) is 2.21. The summed E-state index contributed by atoms with van der Waals surface area (Å²) in [6, 6.07) is 8.13. The van der Waals surface area contributed by atoms with Gasteiger partial charge < -0.3 is 14.8 Å². The topological polar surface area (TPSA) is 30.5 Å². The van der Waals surface area contributed by atoms with E-state index in [9.17, 15) is 0 Å². The number of rotatable bonds is 6. The lowest BCUT2D eigenvalue weighted by Gasteiger charge is -2.17.